The SMILES string of the molecule is COc1ccc2c(c1)CC(C(=O)N(C)CC(=O)N1CCC(C(=O)O)CC1)CO2. The number of carbonyl (C=O) groups excluding carboxylic acids is 2. The summed E-state index contributed by atoms with van der Waals surface area (Å²) >= 11 is 0. The van der Waals surface area contributed by atoms with Gasteiger partial charge in [-0.2, -0.15) is 0 Å². The molecule has 3 rings (SSSR count). The highest BCUT2D eigenvalue weighted by Crippen LogP contribution is 2.31. The molecule has 152 valence electrons. The van der Waals surface area contributed by atoms with E-state index in [1.54, 1.807) is 19.1 Å². The first-order chi connectivity index (χ1) is 13.4. The number of likely N-dealkylation sites (N-methyl/N-ethyl adjacent to an activating group) is 1. The number of rotatable bonds is 5. The number of ether oxygens (including phenoxy) is 2. The summed E-state index contributed by atoms with van der Waals surface area (Å²) < 4.78 is 10.9. The molecule has 8 nitrogen and oxygen atoms in total. The molecule has 1 fully saturated rings. The van der Waals surface area contributed by atoms with Crippen molar-refractivity contribution in [2.24, 2.45) is 11.8 Å². The van der Waals surface area contributed by atoms with Gasteiger partial charge in [0.15, 0.2) is 0 Å². The monoisotopic (exact) mass is 390 g/mol. The van der Waals surface area contributed by atoms with Gasteiger partial charge in [0.25, 0.3) is 0 Å². The number of likely N-dealkylation sites (tertiary alicyclic amines) is 1. The summed E-state index contributed by atoms with van der Waals surface area (Å²) in [4.78, 5) is 39.4. The Morgan fingerprint density at radius 3 is 2.61 bits per heavy atom. The van der Waals surface area contributed by atoms with Crippen LogP contribution in [0.4, 0.5) is 0 Å². The number of carbonyl (C=O) groups is 3. The summed E-state index contributed by atoms with van der Waals surface area (Å²) in [5.74, 6) is -0.377. The maximum absolute atomic E-state index is 12.8. The van der Waals surface area contributed by atoms with Crippen LogP contribution in [0, 0.1) is 11.8 Å². The summed E-state index contributed by atoms with van der Waals surface area (Å²) in [5, 5.41) is 9.05. The molecule has 0 radical (unpaired) electrons. The van der Waals surface area contributed by atoms with Gasteiger partial charge >= 0.3 is 5.97 Å². The zero-order valence-corrected chi connectivity index (χ0v) is 16.2. The average molecular weight is 390 g/mol. The van der Waals surface area contributed by atoms with Crippen molar-refractivity contribution >= 4 is 17.8 Å². The van der Waals surface area contributed by atoms with Crippen LogP contribution in [0.5, 0.6) is 11.5 Å². The lowest BCUT2D eigenvalue weighted by Gasteiger charge is -2.32. The molecule has 28 heavy (non-hydrogen) atoms. The van der Waals surface area contributed by atoms with Gasteiger partial charge < -0.3 is 24.4 Å². The summed E-state index contributed by atoms with van der Waals surface area (Å²) in [6, 6.07) is 5.52. The normalized spacial score (nSPS) is 19.4. The lowest BCUT2D eigenvalue weighted by molar-refractivity contribution is -0.147. The highest BCUT2D eigenvalue weighted by Gasteiger charge is 2.31. The van der Waals surface area contributed by atoms with Crippen molar-refractivity contribution in [3.63, 3.8) is 0 Å². The van der Waals surface area contributed by atoms with Gasteiger partial charge in [0.2, 0.25) is 11.8 Å². The van der Waals surface area contributed by atoms with Gasteiger partial charge in [-0.05, 0) is 43.0 Å². The largest absolute Gasteiger partial charge is 0.497 e. The number of nitrogens with zero attached hydrogens (tertiary/aromatic N) is 2. The van der Waals surface area contributed by atoms with E-state index in [9.17, 15) is 14.4 Å². The van der Waals surface area contributed by atoms with Crippen molar-refractivity contribution in [3.8, 4) is 11.5 Å². The van der Waals surface area contributed by atoms with Gasteiger partial charge in [-0.1, -0.05) is 0 Å². The number of benzene rings is 1. The summed E-state index contributed by atoms with van der Waals surface area (Å²) in [6.45, 7) is 1.09. The van der Waals surface area contributed by atoms with E-state index in [-0.39, 0.29) is 36.8 Å². The molecule has 1 unspecified atom stereocenters. The Morgan fingerprint density at radius 1 is 1.25 bits per heavy atom. The fraction of sp³-hybridized carbons (Fsp3) is 0.550. The minimum Gasteiger partial charge on any atom is -0.497 e. The maximum atomic E-state index is 12.8. The zero-order chi connectivity index (χ0) is 20.3. The number of hydrogen-bond donors (Lipinski definition) is 1. The van der Waals surface area contributed by atoms with Gasteiger partial charge in [0.05, 0.1) is 25.5 Å². The minimum absolute atomic E-state index is 0.0158. The van der Waals surface area contributed by atoms with E-state index in [4.69, 9.17) is 14.6 Å². The van der Waals surface area contributed by atoms with Crippen LogP contribution in [-0.4, -0.2) is 73.1 Å². The Bertz CT molecular complexity index is 757. The zero-order valence-electron chi connectivity index (χ0n) is 16.2. The molecule has 0 saturated carbocycles. The maximum Gasteiger partial charge on any atom is 0.306 e. The van der Waals surface area contributed by atoms with Gasteiger partial charge in [-0.3, -0.25) is 14.4 Å². The molecule has 8 heteroatoms. The average Bonchev–Trinajstić information content (AvgIpc) is 2.72. The fourth-order valence-electron chi connectivity index (χ4n) is 3.72. The van der Waals surface area contributed by atoms with Crippen molar-refractivity contribution in [1.82, 2.24) is 9.80 Å². The second-order valence-corrected chi connectivity index (χ2v) is 7.37. The molecule has 1 aromatic rings. The number of carboxylic acids is 1. The van der Waals surface area contributed by atoms with Gasteiger partial charge in [-0.15, -0.1) is 0 Å². The van der Waals surface area contributed by atoms with Crippen molar-refractivity contribution in [2.45, 2.75) is 19.3 Å². The van der Waals surface area contributed by atoms with Crippen LogP contribution in [0.3, 0.4) is 0 Å². The Hall–Kier alpha value is -2.77. The molecule has 1 N–H and O–H groups in total. The Kier molecular flexibility index (Phi) is 6.06. The van der Waals surface area contributed by atoms with Gasteiger partial charge in [0, 0.05) is 20.1 Å². The molecule has 2 aliphatic rings. The van der Waals surface area contributed by atoms with Crippen molar-refractivity contribution in [3.05, 3.63) is 23.8 Å². The third kappa shape index (κ3) is 4.37. The fourth-order valence-corrected chi connectivity index (χ4v) is 3.72. The second kappa shape index (κ2) is 8.50. The topological polar surface area (TPSA) is 96.4 Å². The number of hydrogen-bond acceptors (Lipinski definition) is 5. The quantitative estimate of drug-likeness (QED) is 0.807. The molecular formula is C20H26N2O6. The first-order valence-corrected chi connectivity index (χ1v) is 9.44. The van der Waals surface area contributed by atoms with E-state index in [0.717, 1.165) is 11.3 Å². The van der Waals surface area contributed by atoms with E-state index in [1.807, 2.05) is 18.2 Å². The highest BCUT2D eigenvalue weighted by molar-refractivity contribution is 5.86. The summed E-state index contributed by atoms with van der Waals surface area (Å²) in [5.41, 5.74) is 0.916. The summed E-state index contributed by atoms with van der Waals surface area (Å²) in [7, 11) is 3.21. The molecule has 1 aromatic carbocycles. The van der Waals surface area contributed by atoms with Gasteiger partial charge in [0.1, 0.15) is 18.1 Å². The predicted molar refractivity (Wildman–Crippen MR) is 100 cm³/mol. The Balaban J connectivity index is 1.54. The molecule has 2 aliphatic heterocycles. The number of carboxylic acid groups (broad SMARTS) is 1. The van der Waals surface area contributed by atoms with Crippen LogP contribution >= 0.6 is 0 Å². The third-order valence-electron chi connectivity index (χ3n) is 5.47. The van der Waals surface area contributed by atoms with Crippen LogP contribution in [0.1, 0.15) is 18.4 Å². The molecule has 2 amide bonds. The molecule has 1 saturated heterocycles. The number of aliphatic carboxylic acids is 1. The van der Waals surface area contributed by atoms with Crippen LogP contribution in [0.2, 0.25) is 0 Å². The van der Waals surface area contributed by atoms with Crippen molar-refractivity contribution < 1.29 is 29.0 Å². The first kappa shape index (κ1) is 20.0. The lowest BCUT2D eigenvalue weighted by atomic mass is 9.95. The summed E-state index contributed by atoms with van der Waals surface area (Å²) in [6.07, 6.45) is 1.44. The molecular weight excluding hydrogens is 364 g/mol. The molecule has 1 atom stereocenters. The smallest absolute Gasteiger partial charge is 0.306 e. The predicted octanol–water partition coefficient (Wildman–Crippen LogP) is 1.03. The van der Waals surface area contributed by atoms with Crippen LogP contribution in [0.15, 0.2) is 18.2 Å². The number of amides is 2. The van der Waals surface area contributed by atoms with E-state index in [2.05, 4.69) is 0 Å². The molecule has 0 spiro atoms. The molecule has 0 bridgehead atoms. The van der Waals surface area contributed by atoms with E-state index >= 15 is 0 Å². The van der Waals surface area contributed by atoms with Crippen molar-refractivity contribution in [2.75, 3.05) is 40.4 Å². The van der Waals surface area contributed by atoms with Crippen molar-refractivity contribution in [1.29, 1.82) is 0 Å². The Labute approximate surface area is 164 Å². The van der Waals surface area contributed by atoms with Gasteiger partial charge in [-0.25, -0.2) is 0 Å². The first-order valence-electron chi connectivity index (χ1n) is 9.44. The van der Waals surface area contributed by atoms with Crippen LogP contribution in [-0.2, 0) is 20.8 Å². The number of piperidine rings is 1. The molecule has 0 aromatic heterocycles. The highest BCUT2D eigenvalue weighted by atomic mass is 16.5. The molecule has 0 aliphatic carbocycles. The molecule has 2 heterocycles. The van der Waals surface area contributed by atoms with Crippen LogP contribution < -0.4 is 9.47 Å². The number of fused-ring (bicyclic) bond motifs is 1. The van der Waals surface area contributed by atoms with E-state index in [1.165, 1.54) is 4.90 Å². The number of methoxy groups -OCH3 is 1. The van der Waals surface area contributed by atoms with Crippen LogP contribution in [0.25, 0.3) is 0 Å². The third-order valence-corrected chi connectivity index (χ3v) is 5.47. The lowest BCUT2D eigenvalue weighted by Crippen LogP contribution is -2.47. The second-order valence-electron chi connectivity index (χ2n) is 7.37. The Morgan fingerprint density at radius 2 is 1.96 bits per heavy atom. The van der Waals surface area contributed by atoms with E-state index < -0.39 is 5.97 Å². The van der Waals surface area contributed by atoms with E-state index in [0.29, 0.717) is 38.1 Å². The minimum atomic E-state index is -0.811. The standard InChI is InChI=1S/C20H26N2O6/c1-21(11-18(23)22-7-5-13(6-8-22)20(25)26)19(24)15-9-14-10-16(27-2)3-4-17(14)28-12-15/h3-4,10,13,15H,5-9,11-12H2,1-2H3,(H,25,26).